The minimum atomic E-state index is -0.328. The molecule has 0 aliphatic carbocycles. The van der Waals surface area contributed by atoms with E-state index < -0.39 is 0 Å². The Hall–Kier alpha value is -1.81. The number of nitrogen functional groups attached to an aromatic ring is 1. The van der Waals surface area contributed by atoms with Gasteiger partial charge in [-0.1, -0.05) is 30.7 Å². The summed E-state index contributed by atoms with van der Waals surface area (Å²) in [7, 11) is 0. The first-order chi connectivity index (χ1) is 9.99. The van der Waals surface area contributed by atoms with E-state index in [0.29, 0.717) is 17.2 Å². The largest absolute Gasteiger partial charge is 0.462 e. The van der Waals surface area contributed by atoms with Gasteiger partial charge in [0.15, 0.2) is 0 Å². The number of carbonyl (C=O) groups excluding carboxylic acids is 1. The molecule has 0 atom stereocenters. The van der Waals surface area contributed by atoms with Gasteiger partial charge < -0.3 is 10.5 Å². The molecule has 0 aliphatic rings. The molecule has 0 saturated heterocycles. The molecule has 0 saturated carbocycles. The van der Waals surface area contributed by atoms with Gasteiger partial charge in [-0.15, -0.1) is 11.3 Å². The Morgan fingerprint density at radius 2 is 2.00 bits per heavy atom. The molecule has 0 radical (unpaired) electrons. The Balaban J connectivity index is 2.61. The van der Waals surface area contributed by atoms with Crippen LogP contribution in [0.15, 0.2) is 18.2 Å². The summed E-state index contributed by atoms with van der Waals surface area (Å²) in [6.07, 6.45) is 0.796. The molecule has 0 unspecified atom stereocenters. The normalized spacial score (nSPS) is 10.7. The van der Waals surface area contributed by atoms with Crippen molar-refractivity contribution in [2.75, 3.05) is 12.3 Å². The number of anilines is 1. The summed E-state index contributed by atoms with van der Waals surface area (Å²) in [4.78, 5) is 13.6. The number of benzene rings is 1. The zero-order valence-electron chi connectivity index (χ0n) is 12.9. The van der Waals surface area contributed by atoms with Crippen molar-refractivity contribution in [2.45, 2.75) is 34.1 Å². The third-order valence-corrected chi connectivity index (χ3v) is 4.76. The number of ether oxygens (including phenoxy) is 1. The quantitative estimate of drug-likeness (QED) is 0.854. The molecule has 112 valence electrons. The molecule has 0 amide bonds. The van der Waals surface area contributed by atoms with Crippen LogP contribution in [-0.2, 0) is 11.2 Å². The predicted octanol–water partition coefficient (Wildman–Crippen LogP) is 4.35. The maximum Gasteiger partial charge on any atom is 0.350 e. The van der Waals surface area contributed by atoms with Crippen LogP contribution in [0.5, 0.6) is 0 Å². The van der Waals surface area contributed by atoms with Crippen LogP contribution in [0.3, 0.4) is 0 Å². The molecule has 1 aromatic carbocycles. The van der Waals surface area contributed by atoms with Crippen molar-refractivity contribution in [3.8, 4) is 10.4 Å². The average molecular weight is 303 g/mol. The number of rotatable bonds is 4. The van der Waals surface area contributed by atoms with E-state index in [1.54, 1.807) is 6.92 Å². The molecule has 1 aromatic heterocycles. The minimum absolute atomic E-state index is 0.328. The molecular weight excluding hydrogens is 282 g/mol. The van der Waals surface area contributed by atoms with Crippen molar-refractivity contribution in [2.24, 2.45) is 0 Å². The summed E-state index contributed by atoms with van der Waals surface area (Å²) in [5.74, 6) is -0.328. The van der Waals surface area contributed by atoms with Gasteiger partial charge in [-0.2, -0.15) is 0 Å². The maximum absolute atomic E-state index is 12.0. The van der Waals surface area contributed by atoms with E-state index in [9.17, 15) is 4.79 Å². The lowest BCUT2D eigenvalue weighted by Gasteiger charge is -2.07. The zero-order valence-corrected chi connectivity index (χ0v) is 13.8. The van der Waals surface area contributed by atoms with Crippen LogP contribution in [0.25, 0.3) is 10.4 Å². The van der Waals surface area contributed by atoms with Crippen molar-refractivity contribution in [1.82, 2.24) is 0 Å². The lowest BCUT2D eigenvalue weighted by atomic mass is 10.00. The van der Waals surface area contributed by atoms with Crippen LogP contribution >= 0.6 is 11.3 Å². The molecule has 2 N–H and O–H groups in total. The number of hydrogen-bond donors (Lipinski definition) is 1. The van der Waals surface area contributed by atoms with Crippen LogP contribution < -0.4 is 5.73 Å². The Labute approximate surface area is 129 Å². The molecule has 21 heavy (non-hydrogen) atoms. The number of aryl methyl sites for hydroxylation is 2. The molecule has 0 aliphatic heterocycles. The van der Waals surface area contributed by atoms with E-state index in [1.807, 2.05) is 0 Å². The van der Waals surface area contributed by atoms with Crippen molar-refractivity contribution < 1.29 is 9.53 Å². The van der Waals surface area contributed by atoms with Crippen LogP contribution in [-0.4, -0.2) is 12.6 Å². The highest BCUT2D eigenvalue weighted by Gasteiger charge is 2.22. The van der Waals surface area contributed by atoms with Crippen molar-refractivity contribution in [3.05, 3.63) is 39.8 Å². The fraction of sp³-hybridized carbons (Fsp3) is 0.353. The fourth-order valence-electron chi connectivity index (χ4n) is 2.38. The number of carbonyl (C=O) groups is 1. The number of nitrogens with two attached hydrogens (primary N) is 1. The van der Waals surface area contributed by atoms with Crippen molar-refractivity contribution in [3.63, 3.8) is 0 Å². The van der Waals surface area contributed by atoms with Crippen LogP contribution in [0.4, 0.5) is 5.69 Å². The highest BCUT2D eigenvalue weighted by Crippen LogP contribution is 2.40. The number of hydrogen-bond acceptors (Lipinski definition) is 4. The lowest BCUT2D eigenvalue weighted by Crippen LogP contribution is -2.05. The maximum atomic E-state index is 12.0. The highest BCUT2D eigenvalue weighted by molar-refractivity contribution is 7.18. The summed E-state index contributed by atoms with van der Waals surface area (Å²) in [5.41, 5.74) is 11.3. The molecule has 0 fully saturated rings. The van der Waals surface area contributed by atoms with Gasteiger partial charge in [-0.05, 0) is 43.9 Å². The highest BCUT2D eigenvalue weighted by atomic mass is 32.1. The Kier molecular flexibility index (Phi) is 4.68. The second-order valence-corrected chi connectivity index (χ2v) is 6.07. The van der Waals surface area contributed by atoms with E-state index in [0.717, 1.165) is 22.4 Å². The second-order valence-electron chi connectivity index (χ2n) is 5.04. The molecule has 3 nitrogen and oxygen atoms in total. The SMILES string of the molecule is CCOC(=O)c1sc(-c2cc(C)ccc2C)c(CC)c1N. The van der Waals surface area contributed by atoms with Gasteiger partial charge in [0.2, 0.25) is 0 Å². The summed E-state index contributed by atoms with van der Waals surface area (Å²) >= 11 is 1.44. The van der Waals surface area contributed by atoms with Gasteiger partial charge in [0.05, 0.1) is 12.3 Å². The average Bonchev–Trinajstić information content (AvgIpc) is 2.78. The first kappa shape index (κ1) is 15.6. The van der Waals surface area contributed by atoms with Gasteiger partial charge in [-0.3, -0.25) is 0 Å². The molecule has 2 aromatic rings. The van der Waals surface area contributed by atoms with Gasteiger partial charge in [-0.25, -0.2) is 4.79 Å². The van der Waals surface area contributed by atoms with E-state index in [2.05, 4.69) is 39.0 Å². The van der Waals surface area contributed by atoms with Crippen molar-refractivity contribution in [1.29, 1.82) is 0 Å². The van der Waals surface area contributed by atoms with Crippen LogP contribution in [0.1, 0.15) is 40.2 Å². The van der Waals surface area contributed by atoms with Gasteiger partial charge in [0.25, 0.3) is 0 Å². The first-order valence-corrected chi connectivity index (χ1v) is 7.97. The smallest absolute Gasteiger partial charge is 0.350 e. The van der Waals surface area contributed by atoms with Gasteiger partial charge in [0.1, 0.15) is 4.88 Å². The molecular formula is C17H21NO2S. The van der Waals surface area contributed by atoms with Crippen LogP contribution in [0, 0.1) is 13.8 Å². The monoisotopic (exact) mass is 303 g/mol. The first-order valence-electron chi connectivity index (χ1n) is 7.15. The van der Waals surface area contributed by atoms with E-state index in [1.165, 1.54) is 22.5 Å². The van der Waals surface area contributed by atoms with E-state index in [4.69, 9.17) is 10.5 Å². The summed E-state index contributed by atoms with van der Waals surface area (Å²) in [5, 5.41) is 0. The second kappa shape index (κ2) is 6.31. The molecule has 2 rings (SSSR count). The summed E-state index contributed by atoms with van der Waals surface area (Å²) in [6.45, 7) is 8.36. The Bertz CT molecular complexity index is 674. The predicted molar refractivity (Wildman–Crippen MR) is 89.0 cm³/mol. The van der Waals surface area contributed by atoms with Crippen molar-refractivity contribution >= 4 is 23.0 Å². The topological polar surface area (TPSA) is 52.3 Å². The number of esters is 1. The lowest BCUT2D eigenvalue weighted by molar-refractivity contribution is 0.0533. The van der Waals surface area contributed by atoms with E-state index >= 15 is 0 Å². The Morgan fingerprint density at radius 1 is 1.29 bits per heavy atom. The summed E-state index contributed by atoms with van der Waals surface area (Å²) < 4.78 is 5.10. The molecule has 1 heterocycles. The molecule has 4 heteroatoms. The van der Waals surface area contributed by atoms with Gasteiger partial charge >= 0.3 is 5.97 Å². The minimum Gasteiger partial charge on any atom is -0.462 e. The standard InChI is InChI=1S/C17H21NO2S/c1-5-12-14(18)16(17(19)20-6-2)21-15(12)13-9-10(3)7-8-11(13)4/h7-9H,5-6,18H2,1-4H3. The van der Waals surface area contributed by atoms with E-state index in [-0.39, 0.29) is 5.97 Å². The molecule has 0 spiro atoms. The Morgan fingerprint density at radius 3 is 2.62 bits per heavy atom. The zero-order chi connectivity index (χ0) is 15.6. The van der Waals surface area contributed by atoms with Crippen LogP contribution in [0.2, 0.25) is 0 Å². The third-order valence-electron chi connectivity index (χ3n) is 3.50. The third kappa shape index (κ3) is 2.95. The fourth-order valence-corrected chi connectivity index (χ4v) is 3.66. The summed E-state index contributed by atoms with van der Waals surface area (Å²) in [6, 6.07) is 6.34. The van der Waals surface area contributed by atoms with Gasteiger partial charge in [0, 0.05) is 4.88 Å². The number of thiophene rings is 1. The molecule has 0 bridgehead atoms.